The number of nitrogens with zero attached hydrogens (tertiary/aromatic N) is 1. The summed E-state index contributed by atoms with van der Waals surface area (Å²) in [6.07, 6.45) is 4.32. The van der Waals surface area contributed by atoms with E-state index in [1.54, 1.807) is 4.90 Å². The average molecular weight is 401 g/mol. The maximum absolute atomic E-state index is 13.1. The zero-order valence-corrected chi connectivity index (χ0v) is 17.9. The highest BCUT2D eigenvalue weighted by Gasteiger charge is 2.45. The van der Waals surface area contributed by atoms with Gasteiger partial charge in [0, 0.05) is 18.3 Å². The lowest BCUT2D eigenvalue weighted by atomic mass is 9.72. The van der Waals surface area contributed by atoms with Crippen LogP contribution in [0.4, 0.5) is 5.69 Å². The summed E-state index contributed by atoms with van der Waals surface area (Å²) in [7, 11) is 1.41. The fraction of sp³-hybridized carbons (Fsp3) is 0.609. The van der Waals surface area contributed by atoms with Crippen LogP contribution in [0.15, 0.2) is 24.3 Å². The molecule has 2 aliphatic rings. The van der Waals surface area contributed by atoms with E-state index in [4.69, 9.17) is 4.74 Å². The van der Waals surface area contributed by atoms with Crippen LogP contribution in [0.3, 0.4) is 0 Å². The molecule has 1 saturated heterocycles. The number of carbonyl (C=O) groups excluding carboxylic acids is 3. The van der Waals surface area contributed by atoms with E-state index < -0.39 is 11.8 Å². The van der Waals surface area contributed by atoms with Crippen molar-refractivity contribution in [3.63, 3.8) is 0 Å². The van der Waals surface area contributed by atoms with Crippen LogP contribution in [-0.4, -0.2) is 42.4 Å². The molecule has 0 aromatic heterocycles. The Labute approximate surface area is 173 Å². The molecule has 1 saturated carbocycles. The molecule has 2 amide bonds. The summed E-state index contributed by atoms with van der Waals surface area (Å²) >= 11 is 0. The van der Waals surface area contributed by atoms with Gasteiger partial charge in [0.2, 0.25) is 0 Å². The fourth-order valence-corrected chi connectivity index (χ4v) is 4.90. The van der Waals surface area contributed by atoms with Gasteiger partial charge in [-0.05, 0) is 42.2 Å². The van der Waals surface area contributed by atoms with E-state index >= 15 is 0 Å². The maximum atomic E-state index is 13.1. The number of carbonyl (C=O) groups is 3. The Kier molecular flexibility index (Phi) is 6.30. The van der Waals surface area contributed by atoms with Crippen LogP contribution < -0.4 is 5.32 Å². The number of ether oxygens (including phenoxy) is 1. The van der Waals surface area contributed by atoms with Crippen LogP contribution in [0.2, 0.25) is 0 Å². The number of methoxy groups -OCH3 is 1. The molecule has 0 radical (unpaired) electrons. The van der Waals surface area contributed by atoms with Gasteiger partial charge in [-0.3, -0.25) is 14.4 Å². The summed E-state index contributed by atoms with van der Waals surface area (Å²) in [6.45, 7) is 6.63. The maximum Gasteiger partial charge on any atom is 0.313 e. The summed E-state index contributed by atoms with van der Waals surface area (Å²) in [6, 6.07) is 7.52. The predicted molar refractivity (Wildman–Crippen MR) is 111 cm³/mol. The second kappa shape index (κ2) is 8.56. The molecule has 2 fully saturated rings. The van der Waals surface area contributed by atoms with E-state index in [-0.39, 0.29) is 29.3 Å². The standard InChI is InChI=1S/C23H32N2O4/c1-23(2,3)17-10-6-7-11-18(17)24-20(26)21(27)25-14-13-16(22(28)29-4)15-9-5-8-12-19(15)25/h6-7,10-11,15-16,19H,5,8-9,12-14H2,1-4H3,(H,24,26). The van der Waals surface area contributed by atoms with Gasteiger partial charge in [-0.2, -0.15) is 0 Å². The Morgan fingerprint density at radius 3 is 2.45 bits per heavy atom. The Morgan fingerprint density at radius 2 is 1.76 bits per heavy atom. The second-order valence-corrected chi connectivity index (χ2v) is 9.18. The average Bonchev–Trinajstić information content (AvgIpc) is 2.71. The van der Waals surface area contributed by atoms with Crippen molar-refractivity contribution in [1.82, 2.24) is 4.90 Å². The third-order valence-electron chi connectivity index (χ3n) is 6.32. The number of likely N-dealkylation sites (tertiary alicyclic amines) is 1. The molecule has 6 heteroatoms. The zero-order valence-electron chi connectivity index (χ0n) is 17.9. The van der Waals surface area contributed by atoms with Gasteiger partial charge >= 0.3 is 17.8 Å². The van der Waals surface area contributed by atoms with Crippen LogP contribution in [0.1, 0.15) is 58.4 Å². The molecule has 1 aliphatic carbocycles. The predicted octanol–water partition coefficient (Wildman–Crippen LogP) is 3.50. The van der Waals surface area contributed by atoms with Crippen molar-refractivity contribution in [1.29, 1.82) is 0 Å². The van der Waals surface area contributed by atoms with Gasteiger partial charge in [-0.25, -0.2) is 0 Å². The number of nitrogens with one attached hydrogen (secondary N) is 1. The summed E-state index contributed by atoms with van der Waals surface area (Å²) in [4.78, 5) is 39.8. The lowest BCUT2D eigenvalue weighted by Gasteiger charge is -2.46. The number of piperidine rings is 1. The molecule has 3 atom stereocenters. The highest BCUT2D eigenvalue weighted by atomic mass is 16.5. The smallest absolute Gasteiger partial charge is 0.313 e. The minimum absolute atomic E-state index is 0.0716. The van der Waals surface area contributed by atoms with Gasteiger partial charge in [0.15, 0.2) is 0 Å². The fourth-order valence-electron chi connectivity index (χ4n) is 4.90. The van der Waals surface area contributed by atoms with Gasteiger partial charge in [0.25, 0.3) is 0 Å². The summed E-state index contributed by atoms with van der Waals surface area (Å²) in [5.74, 6) is -1.42. The summed E-state index contributed by atoms with van der Waals surface area (Å²) in [5, 5.41) is 2.83. The first-order valence-electron chi connectivity index (χ1n) is 10.5. The van der Waals surface area contributed by atoms with Crippen molar-refractivity contribution in [2.24, 2.45) is 11.8 Å². The van der Waals surface area contributed by atoms with E-state index in [0.717, 1.165) is 31.2 Å². The molecule has 1 aliphatic heterocycles. The Hall–Kier alpha value is -2.37. The molecular formula is C23H32N2O4. The number of rotatable bonds is 2. The normalized spacial score (nSPS) is 24.4. The minimum atomic E-state index is -0.609. The highest BCUT2D eigenvalue weighted by molar-refractivity contribution is 6.39. The van der Waals surface area contributed by atoms with Crippen molar-refractivity contribution in [3.05, 3.63) is 29.8 Å². The van der Waals surface area contributed by atoms with Crippen molar-refractivity contribution in [3.8, 4) is 0 Å². The van der Waals surface area contributed by atoms with Crippen LogP contribution in [0.5, 0.6) is 0 Å². The van der Waals surface area contributed by atoms with E-state index in [2.05, 4.69) is 26.1 Å². The minimum Gasteiger partial charge on any atom is -0.469 e. The van der Waals surface area contributed by atoms with Crippen molar-refractivity contribution < 1.29 is 19.1 Å². The number of hydrogen-bond acceptors (Lipinski definition) is 4. The third-order valence-corrected chi connectivity index (χ3v) is 6.32. The molecule has 29 heavy (non-hydrogen) atoms. The molecule has 1 aromatic rings. The van der Waals surface area contributed by atoms with Crippen molar-refractivity contribution in [2.45, 2.75) is 64.3 Å². The van der Waals surface area contributed by atoms with Crippen LogP contribution >= 0.6 is 0 Å². The molecule has 1 heterocycles. The summed E-state index contributed by atoms with van der Waals surface area (Å²) < 4.78 is 4.98. The quantitative estimate of drug-likeness (QED) is 0.609. The van der Waals surface area contributed by atoms with Crippen LogP contribution in [0.25, 0.3) is 0 Å². The monoisotopic (exact) mass is 400 g/mol. The van der Waals surface area contributed by atoms with Gasteiger partial charge in [0.05, 0.1) is 13.0 Å². The van der Waals surface area contributed by atoms with Crippen molar-refractivity contribution >= 4 is 23.5 Å². The molecule has 1 N–H and O–H groups in total. The van der Waals surface area contributed by atoms with Gasteiger partial charge in [-0.15, -0.1) is 0 Å². The lowest BCUT2D eigenvalue weighted by molar-refractivity contribution is -0.158. The van der Waals surface area contributed by atoms with E-state index in [9.17, 15) is 14.4 Å². The molecule has 158 valence electrons. The van der Waals surface area contributed by atoms with Crippen LogP contribution in [-0.2, 0) is 24.5 Å². The van der Waals surface area contributed by atoms with E-state index in [1.165, 1.54) is 7.11 Å². The highest BCUT2D eigenvalue weighted by Crippen LogP contribution is 2.39. The lowest BCUT2D eigenvalue weighted by Crippen LogP contribution is -2.56. The molecule has 6 nitrogen and oxygen atoms in total. The third kappa shape index (κ3) is 4.46. The molecule has 3 unspecified atom stereocenters. The Bertz CT molecular complexity index is 783. The number of benzene rings is 1. The molecule has 3 rings (SSSR count). The van der Waals surface area contributed by atoms with Gasteiger partial charge in [0.1, 0.15) is 0 Å². The molecule has 0 bridgehead atoms. The number of anilines is 1. The first-order valence-corrected chi connectivity index (χ1v) is 10.5. The number of hydrogen-bond donors (Lipinski definition) is 1. The number of amides is 2. The SMILES string of the molecule is COC(=O)C1CCN(C(=O)C(=O)Nc2ccccc2C(C)(C)C)C2CCCCC12. The van der Waals surface area contributed by atoms with Crippen LogP contribution in [0, 0.1) is 11.8 Å². The largest absolute Gasteiger partial charge is 0.469 e. The van der Waals surface area contributed by atoms with Gasteiger partial charge in [-0.1, -0.05) is 51.8 Å². The topological polar surface area (TPSA) is 75.7 Å². The molecule has 1 aromatic carbocycles. The van der Waals surface area contributed by atoms with Gasteiger partial charge < -0.3 is 15.0 Å². The number of esters is 1. The first kappa shape index (κ1) is 21.3. The second-order valence-electron chi connectivity index (χ2n) is 9.18. The number of fused-ring (bicyclic) bond motifs is 1. The molecular weight excluding hydrogens is 368 g/mol. The Morgan fingerprint density at radius 1 is 1.07 bits per heavy atom. The van der Waals surface area contributed by atoms with Crippen molar-refractivity contribution in [2.75, 3.05) is 19.0 Å². The first-order chi connectivity index (χ1) is 13.7. The zero-order chi connectivity index (χ0) is 21.2. The molecule has 0 spiro atoms. The van der Waals surface area contributed by atoms with E-state index in [0.29, 0.717) is 18.7 Å². The summed E-state index contributed by atoms with van der Waals surface area (Å²) in [5.41, 5.74) is 1.50. The number of para-hydroxylation sites is 1. The Balaban J connectivity index is 1.77. The van der Waals surface area contributed by atoms with E-state index in [1.807, 2.05) is 24.3 Å².